The first-order valence-corrected chi connectivity index (χ1v) is 7.63. The Morgan fingerprint density at radius 3 is 2.71 bits per heavy atom. The van der Waals surface area contributed by atoms with Crippen LogP contribution in [0.15, 0.2) is 42.5 Å². The van der Waals surface area contributed by atoms with Gasteiger partial charge in [-0.25, -0.2) is 4.39 Å². The molecule has 0 aliphatic heterocycles. The van der Waals surface area contributed by atoms with Crippen LogP contribution in [0.2, 0.25) is 5.02 Å². The molecule has 1 N–H and O–H groups in total. The number of hydrogen-bond donors (Lipinski definition) is 1. The van der Waals surface area contributed by atoms with Crippen LogP contribution in [-0.4, -0.2) is 4.98 Å². The minimum absolute atomic E-state index is 0.172. The van der Waals surface area contributed by atoms with Crippen LogP contribution in [0, 0.1) is 5.82 Å². The number of aromatic amines is 1. The molecule has 3 heteroatoms. The Labute approximate surface area is 127 Å². The molecule has 1 nitrogen and oxygen atoms in total. The van der Waals surface area contributed by atoms with Gasteiger partial charge in [0.1, 0.15) is 5.82 Å². The van der Waals surface area contributed by atoms with Crippen LogP contribution >= 0.6 is 11.6 Å². The Bertz CT molecular complexity index is 804. The van der Waals surface area contributed by atoms with E-state index in [-0.39, 0.29) is 5.82 Å². The molecule has 1 aromatic heterocycles. The highest BCUT2D eigenvalue weighted by Gasteiger charge is 2.23. The van der Waals surface area contributed by atoms with Gasteiger partial charge in [0.15, 0.2) is 0 Å². The molecule has 0 bridgehead atoms. The van der Waals surface area contributed by atoms with E-state index in [4.69, 9.17) is 11.6 Å². The van der Waals surface area contributed by atoms with E-state index in [1.807, 2.05) is 30.3 Å². The predicted octanol–water partition coefficient (Wildman–Crippen LogP) is 5.23. The van der Waals surface area contributed by atoms with Crippen molar-refractivity contribution in [1.82, 2.24) is 4.98 Å². The van der Waals surface area contributed by atoms with Crippen LogP contribution in [0.1, 0.15) is 29.2 Å². The summed E-state index contributed by atoms with van der Waals surface area (Å²) in [4.78, 5) is 3.51. The minimum atomic E-state index is -0.172. The molecule has 1 atom stereocenters. The second kappa shape index (κ2) is 4.88. The maximum Gasteiger partial charge on any atom is 0.123 e. The zero-order valence-corrected chi connectivity index (χ0v) is 12.3. The zero-order chi connectivity index (χ0) is 14.4. The molecule has 1 heterocycles. The van der Waals surface area contributed by atoms with Gasteiger partial charge in [-0.2, -0.15) is 0 Å². The number of H-pyrrole nitrogens is 1. The molecule has 0 saturated heterocycles. The van der Waals surface area contributed by atoms with Gasteiger partial charge in [-0.05, 0) is 66.6 Å². The summed E-state index contributed by atoms with van der Waals surface area (Å²) < 4.78 is 13.1. The largest absolute Gasteiger partial charge is 0.358 e. The van der Waals surface area contributed by atoms with Crippen molar-refractivity contribution in [3.05, 3.63) is 70.1 Å². The maximum atomic E-state index is 13.1. The first-order valence-electron chi connectivity index (χ1n) is 7.25. The van der Waals surface area contributed by atoms with Gasteiger partial charge >= 0.3 is 0 Å². The average Bonchev–Trinajstić information content (AvgIpc) is 2.85. The molecule has 1 unspecified atom stereocenters. The number of fused-ring (bicyclic) bond motifs is 3. The number of aryl methyl sites for hydroxylation is 1. The van der Waals surface area contributed by atoms with Crippen molar-refractivity contribution < 1.29 is 4.39 Å². The highest BCUT2D eigenvalue weighted by Crippen LogP contribution is 2.37. The van der Waals surface area contributed by atoms with Crippen molar-refractivity contribution in [2.45, 2.75) is 25.2 Å². The highest BCUT2D eigenvalue weighted by atomic mass is 35.5. The Morgan fingerprint density at radius 1 is 1.10 bits per heavy atom. The topological polar surface area (TPSA) is 15.8 Å². The van der Waals surface area contributed by atoms with Crippen LogP contribution in [0.3, 0.4) is 0 Å². The van der Waals surface area contributed by atoms with Crippen LogP contribution in [0.4, 0.5) is 4.39 Å². The third-order valence-electron chi connectivity index (χ3n) is 4.49. The van der Waals surface area contributed by atoms with Crippen LogP contribution < -0.4 is 0 Å². The summed E-state index contributed by atoms with van der Waals surface area (Å²) in [6.07, 6.45) is 3.12. The molecule has 0 spiro atoms. The van der Waals surface area contributed by atoms with Gasteiger partial charge in [-0.1, -0.05) is 23.7 Å². The van der Waals surface area contributed by atoms with Gasteiger partial charge < -0.3 is 4.98 Å². The number of halogens is 2. The first kappa shape index (κ1) is 12.9. The second-order valence-corrected chi connectivity index (χ2v) is 6.20. The van der Waals surface area contributed by atoms with Gasteiger partial charge in [0.2, 0.25) is 0 Å². The SMILES string of the molecule is Fc1ccc(C2CCc3[nH]c4ccc(Cl)cc4c3C2)cc1. The molecular weight excluding hydrogens is 285 g/mol. The van der Waals surface area contributed by atoms with Gasteiger partial charge in [0, 0.05) is 21.6 Å². The summed E-state index contributed by atoms with van der Waals surface area (Å²) >= 11 is 6.13. The molecule has 0 fully saturated rings. The lowest BCUT2D eigenvalue weighted by atomic mass is 9.82. The van der Waals surface area contributed by atoms with Crippen molar-refractivity contribution in [2.24, 2.45) is 0 Å². The Morgan fingerprint density at radius 2 is 1.90 bits per heavy atom. The zero-order valence-electron chi connectivity index (χ0n) is 11.5. The monoisotopic (exact) mass is 299 g/mol. The Balaban J connectivity index is 1.75. The summed E-state index contributed by atoms with van der Waals surface area (Å²) in [5, 5.41) is 2.00. The first-order chi connectivity index (χ1) is 10.2. The second-order valence-electron chi connectivity index (χ2n) is 5.76. The molecule has 0 saturated carbocycles. The smallest absolute Gasteiger partial charge is 0.123 e. The summed E-state index contributed by atoms with van der Waals surface area (Å²) in [5.74, 6) is 0.283. The summed E-state index contributed by atoms with van der Waals surface area (Å²) in [6.45, 7) is 0. The molecule has 106 valence electrons. The van der Waals surface area contributed by atoms with E-state index in [0.29, 0.717) is 5.92 Å². The maximum absolute atomic E-state index is 13.1. The molecule has 1 aliphatic carbocycles. The van der Waals surface area contributed by atoms with Crippen molar-refractivity contribution in [3.8, 4) is 0 Å². The van der Waals surface area contributed by atoms with Crippen molar-refractivity contribution >= 4 is 22.5 Å². The lowest BCUT2D eigenvalue weighted by Crippen LogP contribution is -2.12. The standard InChI is InChI=1S/C18H15ClFN/c19-13-4-8-18-16(10-13)15-9-12(3-7-17(15)21-18)11-1-5-14(20)6-2-11/h1-2,4-6,8,10,12,21H,3,7,9H2. The molecule has 0 radical (unpaired) electrons. The highest BCUT2D eigenvalue weighted by molar-refractivity contribution is 6.31. The van der Waals surface area contributed by atoms with E-state index in [1.54, 1.807) is 12.1 Å². The van der Waals surface area contributed by atoms with Crippen molar-refractivity contribution in [3.63, 3.8) is 0 Å². The van der Waals surface area contributed by atoms with E-state index < -0.39 is 0 Å². The van der Waals surface area contributed by atoms with Gasteiger partial charge in [-0.15, -0.1) is 0 Å². The van der Waals surface area contributed by atoms with Crippen molar-refractivity contribution in [1.29, 1.82) is 0 Å². The molecule has 3 aromatic rings. The molecule has 2 aromatic carbocycles. The number of aromatic nitrogens is 1. The third kappa shape index (κ3) is 2.24. The van der Waals surface area contributed by atoms with Gasteiger partial charge in [0.25, 0.3) is 0 Å². The number of benzene rings is 2. The normalized spacial score (nSPS) is 17.9. The van der Waals surface area contributed by atoms with Gasteiger partial charge in [-0.3, -0.25) is 0 Å². The fourth-order valence-corrected chi connectivity index (χ4v) is 3.58. The van der Waals surface area contributed by atoms with E-state index in [2.05, 4.69) is 4.98 Å². The van der Waals surface area contributed by atoms with E-state index in [1.165, 1.54) is 22.2 Å². The molecule has 4 rings (SSSR count). The summed E-state index contributed by atoms with van der Waals surface area (Å²) in [5.41, 5.74) is 5.07. The quantitative estimate of drug-likeness (QED) is 0.633. The number of rotatable bonds is 1. The minimum Gasteiger partial charge on any atom is -0.358 e. The Hall–Kier alpha value is -1.80. The number of hydrogen-bond acceptors (Lipinski definition) is 0. The summed E-state index contributed by atoms with van der Waals surface area (Å²) in [6, 6.07) is 12.9. The average molecular weight is 300 g/mol. The third-order valence-corrected chi connectivity index (χ3v) is 4.73. The van der Waals surface area contributed by atoms with E-state index in [9.17, 15) is 4.39 Å². The summed E-state index contributed by atoms with van der Waals surface area (Å²) in [7, 11) is 0. The van der Waals surface area contributed by atoms with Crippen LogP contribution in [0.25, 0.3) is 10.9 Å². The fraction of sp³-hybridized carbons (Fsp3) is 0.222. The predicted molar refractivity (Wildman–Crippen MR) is 84.5 cm³/mol. The van der Waals surface area contributed by atoms with Crippen molar-refractivity contribution in [2.75, 3.05) is 0 Å². The lowest BCUT2D eigenvalue weighted by molar-refractivity contribution is 0.578. The molecule has 0 amide bonds. The molecular formula is C18H15ClFN. The lowest BCUT2D eigenvalue weighted by Gasteiger charge is -2.23. The fourth-order valence-electron chi connectivity index (χ4n) is 3.41. The van der Waals surface area contributed by atoms with Gasteiger partial charge in [0.05, 0.1) is 0 Å². The molecule has 21 heavy (non-hydrogen) atoms. The van der Waals surface area contributed by atoms with Crippen LogP contribution in [0.5, 0.6) is 0 Å². The van der Waals surface area contributed by atoms with E-state index in [0.717, 1.165) is 29.8 Å². The van der Waals surface area contributed by atoms with E-state index >= 15 is 0 Å². The number of nitrogens with one attached hydrogen (secondary N) is 1. The van der Waals surface area contributed by atoms with Crippen LogP contribution in [-0.2, 0) is 12.8 Å². The Kier molecular flexibility index (Phi) is 3.00. The molecule has 1 aliphatic rings.